The van der Waals surface area contributed by atoms with Crippen LogP contribution in [0.4, 0.5) is 10.5 Å². The van der Waals surface area contributed by atoms with Gasteiger partial charge in [-0.1, -0.05) is 56.3 Å². The largest absolute Gasteiger partial charge is 0.342 e. The molecule has 8 nitrogen and oxygen atoms in total. The Morgan fingerprint density at radius 2 is 1.76 bits per heavy atom. The number of hydrogen-bond donors (Lipinski definition) is 2. The van der Waals surface area contributed by atoms with Crippen molar-refractivity contribution >= 4 is 23.5 Å². The van der Waals surface area contributed by atoms with Crippen LogP contribution in [0.5, 0.6) is 0 Å². The smallest absolute Gasteiger partial charge is 0.329 e. The molecule has 1 aliphatic heterocycles. The molecular formula is C26H29N5O3. The van der Waals surface area contributed by atoms with Crippen molar-refractivity contribution in [3.05, 3.63) is 83.9 Å². The third-order valence-corrected chi connectivity index (χ3v) is 6.05. The highest BCUT2D eigenvalue weighted by Crippen LogP contribution is 2.25. The zero-order valence-electron chi connectivity index (χ0n) is 19.6. The lowest BCUT2D eigenvalue weighted by Crippen LogP contribution is -2.34. The fraction of sp³-hybridized carbons (Fsp3) is 0.308. The first-order valence-electron chi connectivity index (χ1n) is 11.4. The quantitative estimate of drug-likeness (QED) is 0.503. The molecule has 0 bridgehead atoms. The second-order valence-electron chi connectivity index (χ2n) is 8.77. The van der Waals surface area contributed by atoms with Gasteiger partial charge in [0.1, 0.15) is 17.9 Å². The molecule has 4 rings (SSSR count). The fourth-order valence-corrected chi connectivity index (χ4v) is 4.09. The maximum atomic E-state index is 12.9. The Labute approximate surface area is 199 Å². The lowest BCUT2D eigenvalue weighted by atomic mass is 10.0. The molecule has 34 heavy (non-hydrogen) atoms. The van der Waals surface area contributed by atoms with E-state index in [0.717, 1.165) is 16.0 Å². The number of aryl methyl sites for hydroxylation is 1. The SMILES string of the molecule is CC(C)c1ccc(N2C(=O)N[C@@H](CCC(=O)NC(c3ccccc3)c3nccn3C)C2=O)cc1. The van der Waals surface area contributed by atoms with E-state index >= 15 is 0 Å². The first kappa shape index (κ1) is 23.2. The van der Waals surface area contributed by atoms with Crippen LogP contribution in [-0.4, -0.2) is 33.4 Å². The van der Waals surface area contributed by atoms with Gasteiger partial charge in [-0.25, -0.2) is 14.7 Å². The van der Waals surface area contributed by atoms with Crippen LogP contribution in [0.25, 0.3) is 0 Å². The summed E-state index contributed by atoms with van der Waals surface area (Å²) in [6.07, 6.45) is 3.81. The number of nitrogens with one attached hydrogen (secondary N) is 2. The van der Waals surface area contributed by atoms with Crippen LogP contribution in [-0.2, 0) is 16.6 Å². The Morgan fingerprint density at radius 3 is 2.38 bits per heavy atom. The highest BCUT2D eigenvalue weighted by molar-refractivity contribution is 6.21. The molecular weight excluding hydrogens is 430 g/mol. The molecule has 1 fully saturated rings. The molecule has 0 spiro atoms. The number of carbonyl (C=O) groups is 3. The summed E-state index contributed by atoms with van der Waals surface area (Å²) in [5.74, 6) is 0.493. The third-order valence-electron chi connectivity index (χ3n) is 6.05. The molecule has 2 N–H and O–H groups in total. The van der Waals surface area contributed by atoms with Crippen molar-refractivity contribution in [1.82, 2.24) is 20.2 Å². The summed E-state index contributed by atoms with van der Waals surface area (Å²) in [6, 6.07) is 15.4. The van der Waals surface area contributed by atoms with Crippen molar-refractivity contribution in [2.75, 3.05) is 4.90 Å². The lowest BCUT2D eigenvalue weighted by Gasteiger charge is -2.19. The van der Waals surface area contributed by atoms with Gasteiger partial charge in [-0.15, -0.1) is 0 Å². The van der Waals surface area contributed by atoms with Crippen LogP contribution in [0, 0.1) is 0 Å². The van der Waals surface area contributed by atoms with E-state index in [9.17, 15) is 14.4 Å². The summed E-state index contributed by atoms with van der Waals surface area (Å²) in [4.78, 5) is 43.8. The van der Waals surface area contributed by atoms with Crippen LogP contribution in [0.3, 0.4) is 0 Å². The first-order chi connectivity index (χ1) is 16.3. The van der Waals surface area contributed by atoms with E-state index in [4.69, 9.17) is 0 Å². The van der Waals surface area contributed by atoms with Crippen LogP contribution >= 0.6 is 0 Å². The Kier molecular flexibility index (Phi) is 6.77. The van der Waals surface area contributed by atoms with Gasteiger partial charge in [-0.05, 0) is 35.6 Å². The summed E-state index contributed by atoms with van der Waals surface area (Å²) < 4.78 is 1.86. The molecule has 0 radical (unpaired) electrons. The van der Waals surface area contributed by atoms with Gasteiger partial charge in [0.15, 0.2) is 0 Å². The maximum Gasteiger partial charge on any atom is 0.329 e. The van der Waals surface area contributed by atoms with Crippen molar-refractivity contribution in [3.8, 4) is 0 Å². The van der Waals surface area contributed by atoms with Crippen LogP contribution in [0.1, 0.15) is 55.6 Å². The van der Waals surface area contributed by atoms with Crippen molar-refractivity contribution in [1.29, 1.82) is 0 Å². The average Bonchev–Trinajstić information content (AvgIpc) is 3.38. The van der Waals surface area contributed by atoms with Gasteiger partial charge in [0.2, 0.25) is 5.91 Å². The Balaban J connectivity index is 1.41. The van der Waals surface area contributed by atoms with Gasteiger partial charge < -0.3 is 15.2 Å². The van der Waals surface area contributed by atoms with Gasteiger partial charge in [-0.3, -0.25) is 9.59 Å². The summed E-state index contributed by atoms with van der Waals surface area (Å²) >= 11 is 0. The number of aromatic nitrogens is 2. The fourth-order valence-electron chi connectivity index (χ4n) is 4.09. The second-order valence-corrected chi connectivity index (χ2v) is 8.77. The zero-order chi connectivity index (χ0) is 24.2. The molecule has 0 aliphatic carbocycles. The van der Waals surface area contributed by atoms with Crippen molar-refractivity contribution in [2.24, 2.45) is 7.05 Å². The number of rotatable bonds is 8. The number of imidazole rings is 1. The predicted molar refractivity (Wildman–Crippen MR) is 129 cm³/mol. The number of nitrogens with zero attached hydrogens (tertiary/aromatic N) is 3. The summed E-state index contributed by atoms with van der Waals surface area (Å²) in [6.45, 7) is 4.17. The van der Waals surface area contributed by atoms with E-state index < -0.39 is 18.1 Å². The first-order valence-corrected chi connectivity index (χ1v) is 11.4. The molecule has 2 heterocycles. The van der Waals surface area contributed by atoms with Crippen LogP contribution in [0.2, 0.25) is 0 Å². The second kappa shape index (κ2) is 9.91. The number of anilines is 1. The number of urea groups is 1. The molecule has 176 valence electrons. The molecule has 1 saturated heterocycles. The van der Waals surface area contributed by atoms with Gasteiger partial charge in [0.25, 0.3) is 5.91 Å². The Bertz CT molecular complexity index is 1170. The third kappa shape index (κ3) is 4.85. The topological polar surface area (TPSA) is 96.3 Å². The molecule has 2 atom stereocenters. The number of hydrogen-bond acceptors (Lipinski definition) is 4. The highest BCUT2D eigenvalue weighted by Gasteiger charge is 2.39. The summed E-state index contributed by atoms with van der Waals surface area (Å²) in [5.41, 5.74) is 2.56. The van der Waals surface area contributed by atoms with E-state index in [2.05, 4.69) is 29.5 Å². The molecule has 1 aliphatic rings. The average molecular weight is 460 g/mol. The Morgan fingerprint density at radius 1 is 1.06 bits per heavy atom. The Hall–Kier alpha value is -3.94. The minimum atomic E-state index is -0.744. The monoisotopic (exact) mass is 459 g/mol. The minimum Gasteiger partial charge on any atom is -0.342 e. The lowest BCUT2D eigenvalue weighted by molar-refractivity contribution is -0.122. The number of amides is 4. The van der Waals surface area contributed by atoms with Crippen LogP contribution in [0.15, 0.2) is 67.0 Å². The predicted octanol–water partition coefficient (Wildman–Crippen LogP) is 3.65. The molecule has 1 aromatic heterocycles. The zero-order valence-corrected chi connectivity index (χ0v) is 19.6. The van der Waals surface area contributed by atoms with E-state index in [1.165, 1.54) is 0 Å². The van der Waals surface area contributed by atoms with Gasteiger partial charge in [-0.2, -0.15) is 0 Å². The van der Waals surface area contributed by atoms with E-state index in [-0.39, 0.29) is 24.7 Å². The minimum absolute atomic E-state index is 0.0879. The van der Waals surface area contributed by atoms with E-state index in [1.54, 1.807) is 18.3 Å². The molecule has 2 aromatic carbocycles. The molecule has 0 saturated carbocycles. The number of imide groups is 1. The van der Waals surface area contributed by atoms with Gasteiger partial charge in [0.05, 0.1) is 5.69 Å². The summed E-state index contributed by atoms with van der Waals surface area (Å²) in [5, 5.41) is 5.73. The maximum absolute atomic E-state index is 12.9. The molecule has 8 heteroatoms. The van der Waals surface area contributed by atoms with E-state index in [1.807, 2.05) is 60.3 Å². The van der Waals surface area contributed by atoms with Gasteiger partial charge >= 0.3 is 6.03 Å². The van der Waals surface area contributed by atoms with E-state index in [0.29, 0.717) is 17.4 Å². The summed E-state index contributed by atoms with van der Waals surface area (Å²) in [7, 11) is 1.87. The highest BCUT2D eigenvalue weighted by atomic mass is 16.2. The van der Waals surface area contributed by atoms with Gasteiger partial charge in [0, 0.05) is 25.9 Å². The van der Waals surface area contributed by atoms with Crippen molar-refractivity contribution in [2.45, 2.75) is 44.7 Å². The molecule has 4 amide bonds. The normalized spacial score (nSPS) is 16.6. The number of carbonyl (C=O) groups excluding carboxylic acids is 3. The standard InChI is InChI=1S/C26H29N5O3/c1-17(2)18-9-11-20(12-10-18)31-25(33)21(28-26(31)34)13-14-22(32)29-23(19-7-5-4-6-8-19)24-27-15-16-30(24)3/h4-12,15-17,21,23H,13-14H2,1-3H3,(H,28,34)(H,29,32)/t21-,23?/m0/s1. The van der Waals surface area contributed by atoms with Crippen LogP contribution < -0.4 is 15.5 Å². The molecule has 1 unspecified atom stereocenters. The molecule has 3 aromatic rings. The van der Waals surface area contributed by atoms with Crippen molar-refractivity contribution < 1.29 is 14.4 Å². The van der Waals surface area contributed by atoms with Crippen molar-refractivity contribution in [3.63, 3.8) is 0 Å². The number of benzene rings is 2.